The van der Waals surface area contributed by atoms with E-state index in [0.717, 1.165) is 5.56 Å². The molecule has 0 spiro atoms. The van der Waals surface area contributed by atoms with Crippen LogP contribution < -0.4 is 5.32 Å². The number of halogens is 2. The van der Waals surface area contributed by atoms with Crippen molar-refractivity contribution in [3.63, 3.8) is 0 Å². The van der Waals surface area contributed by atoms with Crippen LogP contribution >= 0.6 is 23.2 Å². The number of hydrogen-bond acceptors (Lipinski definition) is 2. The van der Waals surface area contributed by atoms with Gasteiger partial charge in [0.15, 0.2) is 0 Å². The summed E-state index contributed by atoms with van der Waals surface area (Å²) in [6.45, 7) is 0.394. The number of hydrogen-bond donors (Lipinski definition) is 2. The van der Waals surface area contributed by atoms with Gasteiger partial charge in [-0.25, -0.2) is 0 Å². The number of nitrogens with one attached hydrogen (secondary N) is 1. The first-order chi connectivity index (χ1) is 9.00. The highest BCUT2D eigenvalue weighted by atomic mass is 35.5. The van der Waals surface area contributed by atoms with E-state index in [4.69, 9.17) is 28.3 Å². The maximum atomic E-state index is 11.6. The molecule has 19 heavy (non-hydrogen) atoms. The molecule has 2 unspecified atom stereocenters. The smallest absolute Gasteiger partial charge is 0.307 e. The summed E-state index contributed by atoms with van der Waals surface area (Å²) in [4.78, 5) is 22.3. The van der Waals surface area contributed by atoms with Crippen molar-refractivity contribution >= 4 is 35.1 Å². The van der Waals surface area contributed by atoms with Crippen LogP contribution in [0.15, 0.2) is 18.2 Å². The highest BCUT2D eigenvalue weighted by Gasteiger charge is 2.48. The predicted octanol–water partition coefficient (Wildman–Crippen LogP) is 2.37. The van der Waals surface area contributed by atoms with Crippen molar-refractivity contribution in [2.75, 3.05) is 6.54 Å². The van der Waals surface area contributed by atoms with E-state index in [9.17, 15) is 9.59 Å². The minimum absolute atomic E-state index is 0.212. The second-order valence-corrected chi connectivity index (χ2v) is 5.34. The number of amides is 1. The molecule has 2 rings (SSSR count). The number of carbonyl (C=O) groups excluding carboxylic acids is 1. The Labute approximate surface area is 120 Å². The van der Waals surface area contributed by atoms with Crippen LogP contribution in [0, 0.1) is 11.8 Å². The van der Waals surface area contributed by atoms with Crippen LogP contribution in [0.25, 0.3) is 0 Å². The number of rotatable bonds is 5. The highest BCUT2D eigenvalue weighted by Crippen LogP contribution is 2.38. The third-order valence-corrected chi connectivity index (χ3v) is 3.89. The fourth-order valence-corrected chi connectivity index (χ4v) is 2.56. The normalized spacial score (nSPS) is 20.9. The van der Waals surface area contributed by atoms with Crippen LogP contribution in [0.1, 0.15) is 12.0 Å². The Balaban J connectivity index is 1.81. The van der Waals surface area contributed by atoms with Crippen molar-refractivity contribution < 1.29 is 14.7 Å². The lowest BCUT2D eigenvalue weighted by atomic mass is 10.1. The maximum absolute atomic E-state index is 11.6. The number of aliphatic carboxylic acids is 1. The lowest BCUT2D eigenvalue weighted by Crippen LogP contribution is -2.28. The lowest BCUT2D eigenvalue weighted by molar-refractivity contribution is -0.140. The van der Waals surface area contributed by atoms with Crippen LogP contribution in [0.3, 0.4) is 0 Å². The average Bonchev–Trinajstić information content (AvgIpc) is 3.13. The topological polar surface area (TPSA) is 66.4 Å². The fourth-order valence-electron chi connectivity index (χ4n) is 1.97. The zero-order chi connectivity index (χ0) is 14.0. The van der Waals surface area contributed by atoms with Gasteiger partial charge in [-0.1, -0.05) is 29.3 Å². The molecule has 0 aliphatic heterocycles. The number of carboxylic acid groups (broad SMARTS) is 1. The summed E-state index contributed by atoms with van der Waals surface area (Å²) in [7, 11) is 0. The van der Waals surface area contributed by atoms with Crippen LogP contribution in [-0.2, 0) is 16.0 Å². The Morgan fingerprint density at radius 2 is 1.89 bits per heavy atom. The summed E-state index contributed by atoms with van der Waals surface area (Å²) < 4.78 is 0. The van der Waals surface area contributed by atoms with Crippen LogP contribution in [0.5, 0.6) is 0 Å². The minimum Gasteiger partial charge on any atom is -0.481 e. The van der Waals surface area contributed by atoms with E-state index in [1.54, 1.807) is 18.2 Å². The molecule has 1 aromatic carbocycles. The second-order valence-electron chi connectivity index (χ2n) is 4.53. The van der Waals surface area contributed by atoms with Gasteiger partial charge in [-0.05, 0) is 30.5 Å². The Morgan fingerprint density at radius 1 is 1.26 bits per heavy atom. The molecule has 1 fully saturated rings. The molecule has 1 aliphatic rings. The zero-order valence-corrected chi connectivity index (χ0v) is 11.5. The third kappa shape index (κ3) is 3.39. The van der Waals surface area contributed by atoms with Gasteiger partial charge < -0.3 is 10.4 Å². The van der Waals surface area contributed by atoms with Gasteiger partial charge in [-0.2, -0.15) is 0 Å². The average molecular weight is 302 g/mol. The van der Waals surface area contributed by atoms with Crippen molar-refractivity contribution in [1.82, 2.24) is 5.32 Å². The van der Waals surface area contributed by atoms with E-state index < -0.39 is 11.9 Å². The van der Waals surface area contributed by atoms with Gasteiger partial charge in [-0.15, -0.1) is 0 Å². The maximum Gasteiger partial charge on any atom is 0.307 e. The molecule has 1 aromatic rings. The number of carboxylic acids is 1. The standard InChI is InChI=1S/C13H13Cl2NO3/c14-10-2-1-3-11(15)7(10)4-5-16-12(17)8-6-9(8)13(18)19/h1-3,8-9H,4-6H2,(H,16,17)(H,18,19). The van der Waals surface area contributed by atoms with E-state index in [-0.39, 0.29) is 11.8 Å². The first kappa shape index (κ1) is 14.2. The predicted molar refractivity (Wildman–Crippen MR) is 72.4 cm³/mol. The summed E-state index contributed by atoms with van der Waals surface area (Å²) in [6.07, 6.45) is 0.947. The van der Waals surface area contributed by atoms with Crippen LogP contribution in [0.4, 0.5) is 0 Å². The van der Waals surface area contributed by atoms with Gasteiger partial charge in [0.05, 0.1) is 11.8 Å². The lowest BCUT2D eigenvalue weighted by Gasteiger charge is -2.08. The Hall–Kier alpha value is -1.26. The van der Waals surface area contributed by atoms with Crippen LogP contribution in [0.2, 0.25) is 10.0 Å². The molecule has 0 radical (unpaired) electrons. The van der Waals surface area contributed by atoms with Gasteiger partial charge in [0, 0.05) is 16.6 Å². The van der Waals surface area contributed by atoms with Crippen LogP contribution in [-0.4, -0.2) is 23.5 Å². The fraction of sp³-hybridized carbons (Fsp3) is 0.385. The Bertz CT molecular complexity index is 498. The van der Waals surface area contributed by atoms with E-state index in [1.807, 2.05) is 0 Å². The molecule has 6 heteroatoms. The first-order valence-electron chi connectivity index (χ1n) is 5.94. The molecular weight excluding hydrogens is 289 g/mol. The quantitative estimate of drug-likeness (QED) is 0.877. The van der Waals surface area contributed by atoms with E-state index in [0.29, 0.717) is 29.4 Å². The van der Waals surface area contributed by atoms with E-state index in [2.05, 4.69) is 5.32 Å². The molecule has 0 aromatic heterocycles. The molecule has 102 valence electrons. The van der Waals surface area contributed by atoms with Crippen molar-refractivity contribution in [3.05, 3.63) is 33.8 Å². The summed E-state index contributed by atoms with van der Waals surface area (Å²) in [5.41, 5.74) is 0.789. The van der Waals surface area contributed by atoms with Gasteiger partial charge in [0.25, 0.3) is 0 Å². The van der Waals surface area contributed by atoms with Crippen molar-refractivity contribution in [2.24, 2.45) is 11.8 Å². The molecule has 2 N–H and O–H groups in total. The summed E-state index contributed by atoms with van der Waals surface area (Å²) in [6, 6.07) is 5.24. The van der Waals surface area contributed by atoms with Crippen molar-refractivity contribution in [2.45, 2.75) is 12.8 Å². The second kappa shape index (κ2) is 5.80. The van der Waals surface area contributed by atoms with Crippen molar-refractivity contribution in [1.29, 1.82) is 0 Å². The highest BCUT2D eigenvalue weighted by molar-refractivity contribution is 6.35. The Kier molecular flexibility index (Phi) is 4.32. The molecule has 0 bridgehead atoms. The molecule has 4 nitrogen and oxygen atoms in total. The largest absolute Gasteiger partial charge is 0.481 e. The molecule has 1 saturated carbocycles. The summed E-state index contributed by atoms with van der Waals surface area (Å²) in [5.74, 6) is -2.03. The van der Waals surface area contributed by atoms with E-state index in [1.165, 1.54) is 0 Å². The SMILES string of the molecule is O=C(O)C1CC1C(=O)NCCc1c(Cl)cccc1Cl. The summed E-state index contributed by atoms with van der Waals surface area (Å²) >= 11 is 12.0. The third-order valence-electron chi connectivity index (χ3n) is 3.18. The monoisotopic (exact) mass is 301 g/mol. The number of benzene rings is 1. The molecule has 1 amide bonds. The summed E-state index contributed by atoms with van der Waals surface area (Å²) in [5, 5.41) is 12.6. The molecule has 2 atom stereocenters. The molecule has 1 aliphatic carbocycles. The van der Waals surface area contributed by atoms with Gasteiger partial charge in [-0.3, -0.25) is 9.59 Å². The molecule has 0 saturated heterocycles. The number of carbonyl (C=O) groups is 2. The van der Waals surface area contributed by atoms with Gasteiger partial charge in [0.2, 0.25) is 5.91 Å². The molecule has 0 heterocycles. The Morgan fingerprint density at radius 3 is 2.42 bits per heavy atom. The van der Waals surface area contributed by atoms with Crippen molar-refractivity contribution in [3.8, 4) is 0 Å². The zero-order valence-electron chi connectivity index (χ0n) is 10.0. The minimum atomic E-state index is -0.908. The van der Waals surface area contributed by atoms with Gasteiger partial charge >= 0.3 is 5.97 Å². The first-order valence-corrected chi connectivity index (χ1v) is 6.69. The molecular formula is C13H13Cl2NO3. The van der Waals surface area contributed by atoms with E-state index >= 15 is 0 Å². The van der Waals surface area contributed by atoms with Gasteiger partial charge in [0.1, 0.15) is 0 Å².